The van der Waals surface area contributed by atoms with Gasteiger partial charge >= 0.3 is 0 Å². The number of methoxy groups -OCH3 is 1. The molecule has 106 valence electrons. The SMILES string of the molecule is COCCn1ncc(Br)c1C(=O)c1ccc(Cl)c(Br)c1. The van der Waals surface area contributed by atoms with Gasteiger partial charge in [-0.3, -0.25) is 9.48 Å². The van der Waals surface area contributed by atoms with Gasteiger partial charge in [0.05, 0.1) is 28.8 Å². The van der Waals surface area contributed by atoms with E-state index in [4.69, 9.17) is 16.3 Å². The van der Waals surface area contributed by atoms with Gasteiger partial charge in [-0.05, 0) is 50.1 Å². The average molecular weight is 423 g/mol. The lowest BCUT2D eigenvalue weighted by Crippen LogP contribution is -2.14. The Bertz CT molecular complexity index is 643. The fourth-order valence-electron chi connectivity index (χ4n) is 1.71. The molecule has 0 aliphatic heterocycles. The van der Waals surface area contributed by atoms with Crippen LogP contribution in [0.4, 0.5) is 0 Å². The van der Waals surface area contributed by atoms with E-state index in [1.54, 1.807) is 36.2 Å². The highest BCUT2D eigenvalue weighted by Crippen LogP contribution is 2.26. The highest BCUT2D eigenvalue weighted by atomic mass is 79.9. The van der Waals surface area contributed by atoms with Crippen molar-refractivity contribution in [1.29, 1.82) is 0 Å². The molecule has 2 rings (SSSR count). The summed E-state index contributed by atoms with van der Waals surface area (Å²) in [4.78, 5) is 12.6. The van der Waals surface area contributed by atoms with E-state index in [1.165, 1.54) is 0 Å². The number of aromatic nitrogens is 2. The number of carbonyl (C=O) groups is 1. The van der Waals surface area contributed by atoms with Crippen LogP contribution in [0.15, 0.2) is 33.3 Å². The molecule has 1 aromatic heterocycles. The number of carbonyl (C=O) groups excluding carboxylic acids is 1. The minimum absolute atomic E-state index is 0.122. The van der Waals surface area contributed by atoms with E-state index in [2.05, 4.69) is 37.0 Å². The average Bonchev–Trinajstić information content (AvgIpc) is 2.80. The van der Waals surface area contributed by atoms with Gasteiger partial charge in [-0.25, -0.2) is 0 Å². The van der Waals surface area contributed by atoms with E-state index in [0.717, 1.165) is 0 Å². The number of hydrogen-bond donors (Lipinski definition) is 0. The Hall–Kier alpha value is -0.690. The Morgan fingerprint density at radius 1 is 1.40 bits per heavy atom. The first kappa shape index (κ1) is 15.7. The Labute approximate surface area is 138 Å². The third-order valence-corrected chi connectivity index (χ3v) is 4.49. The van der Waals surface area contributed by atoms with Crippen molar-refractivity contribution in [3.63, 3.8) is 0 Å². The second-order valence-corrected chi connectivity index (χ2v) is 6.13. The van der Waals surface area contributed by atoms with Crippen LogP contribution in [-0.2, 0) is 11.3 Å². The fraction of sp³-hybridized carbons (Fsp3) is 0.231. The van der Waals surface area contributed by atoms with Gasteiger partial charge in [0.2, 0.25) is 5.78 Å². The number of ketones is 1. The van der Waals surface area contributed by atoms with Gasteiger partial charge in [0, 0.05) is 17.1 Å². The molecule has 0 saturated carbocycles. The monoisotopic (exact) mass is 420 g/mol. The van der Waals surface area contributed by atoms with Gasteiger partial charge in [0.15, 0.2) is 0 Å². The van der Waals surface area contributed by atoms with Gasteiger partial charge in [-0.2, -0.15) is 5.10 Å². The summed E-state index contributed by atoms with van der Waals surface area (Å²) in [5.74, 6) is -0.122. The highest BCUT2D eigenvalue weighted by molar-refractivity contribution is 9.10. The molecule has 0 aliphatic rings. The quantitative estimate of drug-likeness (QED) is 0.686. The summed E-state index contributed by atoms with van der Waals surface area (Å²) in [5, 5.41) is 4.73. The molecule has 4 nitrogen and oxygen atoms in total. The molecule has 7 heteroatoms. The zero-order valence-corrected chi connectivity index (χ0v) is 14.5. The topological polar surface area (TPSA) is 44.1 Å². The largest absolute Gasteiger partial charge is 0.383 e. The smallest absolute Gasteiger partial charge is 0.212 e. The third kappa shape index (κ3) is 3.31. The van der Waals surface area contributed by atoms with Gasteiger partial charge in [0.1, 0.15) is 5.69 Å². The molecule has 0 fully saturated rings. The number of nitrogens with zero attached hydrogens (tertiary/aromatic N) is 2. The lowest BCUT2D eigenvalue weighted by molar-refractivity contribution is 0.102. The summed E-state index contributed by atoms with van der Waals surface area (Å²) in [6.07, 6.45) is 1.61. The molecule has 1 aromatic carbocycles. The van der Waals surface area contributed by atoms with Crippen LogP contribution in [0.2, 0.25) is 5.02 Å². The molecule has 1 heterocycles. The molecule has 0 atom stereocenters. The Kier molecular flexibility index (Phi) is 5.37. The number of rotatable bonds is 5. The zero-order chi connectivity index (χ0) is 14.7. The Morgan fingerprint density at radius 2 is 2.15 bits per heavy atom. The summed E-state index contributed by atoms with van der Waals surface area (Å²) >= 11 is 12.6. The van der Waals surface area contributed by atoms with Crippen LogP contribution >= 0.6 is 43.5 Å². The van der Waals surface area contributed by atoms with Gasteiger partial charge in [-0.15, -0.1) is 0 Å². The predicted molar refractivity (Wildman–Crippen MR) is 84.4 cm³/mol. The lowest BCUT2D eigenvalue weighted by Gasteiger charge is -2.07. The zero-order valence-electron chi connectivity index (χ0n) is 10.6. The number of hydrogen-bond acceptors (Lipinski definition) is 3. The van der Waals surface area contributed by atoms with Crippen LogP contribution in [0.1, 0.15) is 16.1 Å². The summed E-state index contributed by atoms with van der Waals surface area (Å²) in [5.41, 5.74) is 1.04. The third-order valence-electron chi connectivity index (χ3n) is 2.70. The van der Waals surface area contributed by atoms with E-state index in [1.807, 2.05) is 0 Å². The van der Waals surface area contributed by atoms with Crippen LogP contribution in [0.25, 0.3) is 0 Å². The molecule has 2 aromatic rings. The van der Waals surface area contributed by atoms with Gasteiger partial charge in [0.25, 0.3) is 0 Å². The summed E-state index contributed by atoms with van der Waals surface area (Å²) in [6.45, 7) is 0.997. The van der Waals surface area contributed by atoms with Crippen LogP contribution in [0, 0.1) is 0 Å². The summed E-state index contributed by atoms with van der Waals surface area (Å²) in [7, 11) is 1.61. The molecule has 0 radical (unpaired) electrons. The van der Waals surface area contributed by atoms with E-state index in [0.29, 0.717) is 38.4 Å². The van der Waals surface area contributed by atoms with Crippen molar-refractivity contribution in [1.82, 2.24) is 9.78 Å². The van der Waals surface area contributed by atoms with Crippen LogP contribution in [0.5, 0.6) is 0 Å². The molecule has 0 unspecified atom stereocenters. The van der Waals surface area contributed by atoms with E-state index < -0.39 is 0 Å². The highest BCUT2D eigenvalue weighted by Gasteiger charge is 2.19. The lowest BCUT2D eigenvalue weighted by atomic mass is 10.1. The molecular weight excluding hydrogens is 411 g/mol. The number of halogens is 3. The minimum atomic E-state index is -0.122. The molecule has 0 saturated heterocycles. The van der Waals surface area contributed by atoms with Crippen molar-refractivity contribution in [2.45, 2.75) is 6.54 Å². The minimum Gasteiger partial charge on any atom is -0.383 e. The van der Waals surface area contributed by atoms with Crippen LogP contribution in [0.3, 0.4) is 0 Å². The van der Waals surface area contributed by atoms with Crippen molar-refractivity contribution in [3.8, 4) is 0 Å². The van der Waals surface area contributed by atoms with E-state index in [9.17, 15) is 4.79 Å². The second-order valence-electron chi connectivity index (χ2n) is 4.02. The van der Waals surface area contributed by atoms with E-state index in [-0.39, 0.29) is 5.78 Å². The molecule has 0 spiro atoms. The standard InChI is InChI=1S/C13H11Br2ClN2O2/c1-20-5-4-18-12(10(15)7-17-18)13(19)8-2-3-11(16)9(14)6-8/h2-3,6-7H,4-5H2,1H3. The summed E-state index contributed by atoms with van der Waals surface area (Å²) in [6, 6.07) is 5.07. The van der Waals surface area contributed by atoms with Crippen LogP contribution < -0.4 is 0 Å². The second kappa shape index (κ2) is 6.85. The van der Waals surface area contributed by atoms with Crippen molar-refractivity contribution in [3.05, 3.63) is 49.6 Å². The molecular formula is C13H11Br2ClN2O2. The van der Waals surface area contributed by atoms with E-state index >= 15 is 0 Å². The van der Waals surface area contributed by atoms with Crippen molar-refractivity contribution < 1.29 is 9.53 Å². The number of benzene rings is 1. The van der Waals surface area contributed by atoms with Crippen molar-refractivity contribution >= 4 is 49.2 Å². The molecule has 0 aliphatic carbocycles. The van der Waals surface area contributed by atoms with Gasteiger partial charge in [-0.1, -0.05) is 11.6 Å². The van der Waals surface area contributed by atoms with Crippen molar-refractivity contribution in [2.24, 2.45) is 0 Å². The predicted octanol–water partition coefficient (Wildman–Crippen LogP) is 3.94. The fourth-order valence-corrected chi connectivity index (χ4v) is 2.68. The first-order valence-electron chi connectivity index (χ1n) is 5.74. The van der Waals surface area contributed by atoms with Gasteiger partial charge < -0.3 is 4.74 Å². The molecule has 0 N–H and O–H groups in total. The maximum Gasteiger partial charge on any atom is 0.212 e. The van der Waals surface area contributed by atoms with Crippen molar-refractivity contribution in [2.75, 3.05) is 13.7 Å². The molecule has 20 heavy (non-hydrogen) atoms. The normalized spacial score (nSPS) is 10.8. The molecule has 0 amide bonds. The number of ether oxygens (including phenoxy) is 1. The van der Waals surface area contributed by atoms with Crippen LogP contribution in [-0.4, -0.2) is 29.3 Å². The summed E-state index contributed by atoms with van der Waals surface area (Å²) < 4.78 is 7.98. The Morgan fingerprint density at radius 3 is 2.80 bits per heavy atom. The Balaban J connectivity index is 2.37. The first-order valence-corrected chi connectivity index (χ1v) is 7.71. The maximum absolute atomic E-state index is 12.6. The maximum atomic E-state index is 12.6. The molecule has 0 bridgehead atoms. The first-order chi connectivity index (χ1) is 9.54.